The number of benzene rings is 2. The largest absolute Gasteiger partial charge is 0.371 e. The van der Waals surface area contributed by atoms with Crippen molar-refractivity contribution in [3.05, 3.63) is 65.2 Å². The number of carbonyl (C=O) groups is 2. The van der Waals surface area contributed by atoms with Crippen molar-refractivity contribution in [1.82, 2.24) is 5.43 Å². The van der Waals surface area contributed by atoms with Crippen LogP contribution in [0.5, 0.6) is 0 Å². The lowest BCUT2D eigenvalue weighted by Gasteiger charge is -2.20. The number of nitrogens with one attached hydrogen (secondary N) is 1. The van der Waals surface area contributed by atoms with Crippen LogP contribution in [0.3, 0.4) is 0 Å². The van der Waals surface area contributed by atoms with Gasteiger partial charge in [0.05, 0.1) is 5.69 Å². The number of nitrogens with zero attached hydrogens (tertiary/aromatic N) is 2. The van der Waals surface area contributed by atoms with Crippen LogP contribution in [0.2, 0.25) is 0 Å². The Morgan fingerprint density at radius 2 is 1.73 bits per heavy atom. The van der Waals surface area contributed by atoms with E-state index < -0.39 is 0 Å². The third-order valence-corrected chi connectivity index (χ3v) is 4.88. The Balaban J connectivity index is 1.60. The van der Waals surface area contributed by atoms with Crippen molar-refractivity contribution in [1.29, 1.82) is 0 Å². The fourth-order valence-electron chi connectivity index (χ4n) is 3.56. The molecule has 0 aliphatic carbocycles. The van der Waals surface area contributed by atoms with Gasteiger partial charge in [0.15, 0.2) is 0 Å². The van der Waals surface area contributed by atoms with E-state index in [1.54, 1.807) is 18.2 Å². The lowest BCUT2D eigenvalue weighted by Crippen LogP contribution is -2.35. The Bertz CT molecular complexity index is 883. The zero-order valence-electron chi connectivity index (χ0n) is 14.7. The molecule has 26 heavy (non-hydrogen) atoms. The third kappa shape index (κ3) is 2.96. The van der Waals surface area contributed by atoms with E-state index >= 15 is 0 Å². The van der Waals surface area contributed by atoms with Gasteiger partial charge in [-0.15, -0.1) is 0 Å². The van der Waals surface area contributed by atoms with E-state index in [0.29, 0.717) is 5.69 Å². The normalized spacial score (nSPS) is 18.7. The number of hydrogen-bond acceptors (Lipinski definition) is 3. The van der Waals surface area contributed by atoms with Gasteiger partial charge in [0, 0.05) is 18.8 Å². The fraction of sp³-hybridized carbons (Fsp3) is 0.238. The maximum atomic E-state index is 12.6. The van der Waals surface area contributed by atoms with Crippen LogP contribution < -0.4 is 15.3 Å². The molecule has 2 fully saturated rings. The minimum absolute atomic E-state index is 0.155. The van der Waals surface area contributed by atoms with Crippen molar-refractivity contribution in [3.8, 4) is 0 Å². The summed E-state index contributed by atoms with van der Waals surface area (Å²) in [5, 5.41) is 1.29. The van der Waals surface area contributed by atoms with Gasteiger partial charge in [-0.25, -0.2) is 5.01 Å². The number of rotatable bonds is 3. The molecule has 2 aromatic carbocycles. The van der Waals surface area contributed by atoms with Gasteiger partial charge in [-0.3, -0.25) is 15.0 Å². The molecule has 2 aliphatic rings. The Morgan fingerprint density at radius 3 is 2.42 bits per heavy atom. The van der Waals surface area contributed by atoms with Crippen molar-refractivity contribution < 1.29 is 9.59 Å². The first-order valence-electron chi connectivity index (χ1n) is 8.91. The molecule has 0 saturated carbocycles. The quantitative estimate of drug-likeness (QED) is 0.686. The van der Waals surface area contributed by atoms with Crippen LogP contribution >= 0.6 is 0 Å². The second-order valence-electron chi connectivity index (χ2n) is 6.72. The van der Waals surface area contributed by atoms with Crippen molar-refractivity contribution in [2.45, 2.75) is 19.8 Å². The van der Waals surface area contributed by atoms with Crippen LogP contribution in [0.15, 0.2) is 54.1 Å². The van der Waals surface area contributed by atoms with E-state index in [0.717, 1.165) is 24.2 Å². The molecule has 5 nitrogen and oxygen atoms in total. The SMILES string of the molecule is Cc1cc(C=C2C(=O)NN(c3ccccc3)C2=O)ccc1N1CCCC1. The molecule has 0 bridgehead atoms. The molecule has 0 aromatic heterocycles. The monoisotopic (exact) mass is 347 g/mol. The van der Waals surface area contributed by atoms with Crippen molar-refractivity contribution in [2.24, 2.45) is 0 Å². The summed E-state index contributed by atoms with van der Waals surface area (Å²) >= 11 is 0. The highest BCUT2D eigenvalue weighted by Crippen LogP contribution is 2.27. The maximum Gasteiger partial charge on any atom is 0.282 e. The van der Waals surface area contributed by atoms with Gasteiger partial charge in [0.1, 0.15) is 5.57 Å². The van der Waals surface area contributed by atoms with Gasteiger partial charge in [-0.05, 0) is 61.2 Å². The van der Waals surface area contributed by atoms with E-state index in [4.69, 9.17) is 0 Å². The molecule has 2 aromatic rings. The minimum atomic E-state index is -0.375. The molecular formula is C21H21N3O2. The predicted octanol–water partition coefficient (Wildman–Crippen LogP) is 3.06. The topological polar surface area (TPSA) is 52.7 Å². The molecule has 0 atom stereocenters. The molecule has 0 unspecified atom stereocenters. The van der Waals surface area contributed by atoms with Crippen LogP contribution in [0.25, 0.3) is 6.08 Å². The molecule has 2 aliphatic heterocycles. The first kappa shape index (κ1) is 16.4. The van der Waals surface area contributed by atoms with E-state index in [-0.39, 0.29) is 17.4 Å². The zero-order chi connectivity index (χ0) is 18.1. The highest BCUT2D eigenvalue weighted by molar-refractivity contribution is 6.31. The van der Waals surface area contributed by atoms with E-state index in [2.05, 4.69) is 23.3 Å². The highest BCUT2D eigenvalue weighted by Gasteiger charge is 2.34. The Hall–Kier alpha value is -3.08. The van der Waals surface area contributed by atoms with Crippen molar-refractivity contribution in [3.63, 3.8) is 0 Å². The van der Waals surface area contributed by atoms with E-state index in [9.17, 15) is 9.59 Å². The predicted molar refractivity (Wildman–Crippen MR) is 103 cm³/mol. The van der Waals surface area contributed by atoms with Gasteiger partial charge in [-0.1, -0.05) is 24.3 Å². The zero-order valence-corrected chi connectivity index (χ0v) is 14.7. The molecule has 2 saturated heterocycles. The Kier molecular flexibility index (Phi) is 4.21. The molecule has 2 amide bonds. The second kappa shape index (κ2) is 6.67. The summed E-state index contributed by atoms with van der Waals surface area (Å²) in [6.45, 7) is 4.25. The summed E-state index contributed by atoms with van der Waals surface area (Å²) in [7, 11) is 0. The standard InChI is InChI=1S/C21H21N3O2/c1-15-13-16(9-10-19(15)23-11-5-6-12-23)14-18-20(25)22-24(21(18)26)17-7-3-2-4-8-17/h2-4,7-10,13-14H,5-6,11-12H2,1H3,(H,22,25). The second-order valence-corrected chi connectivity index (χ2v) is 6.72. The summed E-state index contributed by atoms with van der Waals surface area (Å²) < 4.78 is 0. The summed E-state index contributed by atoms with van der Waals surface area (Å²) in [6, 6.07) is 15.2. The smallest absolute Gasteiger partial charge is 0.282 e. The van der Waals surface area contributed by atoms with Crippen LogP contribution in [0.4, 0.5) is 11.4 Å². The molecular weight excluding hydrogens is 326 g/mol. The van der Waals surface area contributed by atoms with E-state index in [1.807, 2.05) is 30.3 Å². The van der Waals surface area contributed by atoms with Gasteiger partial charge in [-0.2, -0.15) is 0 Å². The Labute approximate surface area is 152 Å². The summed E-state index contributed by atoms with van der Waals surface area (Å²) in [5.41, 5.74) is 6.69. The number of hydrogen-bond donors (Lipinski definition) is 1. The van der Waals surface area contributed by atoms with Gasteiger partial charge in [0.25, 0.3) is 11.8 Å². The lowest BCUT2D eigenvalue weighted by molar-refractivity contribution is -0.117. The van der Waals surface area contributed by atoms with Crippen molar-refractivity contribution in [2.75, 3.05) is 23.0 Å². The molecule has 4 rings (SSSR count). The average Bonchev–Trinajstić information content (AvgIpc) is 3.27. The molecule has 2 heterocycles. The first-order valence-corrected chi connectivity index (χ1v) is 8.91. The summed E-state index contributed by atoms with van der Waals surface area (Å²) in [5.74, 6) is -0.706. The number of anilines is 2. The molecule has 1 N–H and O–H groups in total. The third-order valence-electron chi connectivity index (χ3n) is 4.88. The lowest BCUT2D eigenvalue weighted by atomic mass is 10.1. The number of amides is 2. The average molecular weight is 347 g/mol. The number of carbonyl (C=O) groups excluding carboxylic acids is 2. The van der Waals surface area contributed by atoms with Crippen LogP contribution in [-0.2, 0) is 9.59 Å². The van der Waals surface area contributed by atoms with Crippen LogP contribution in [0.1, 0.15) is 24.0 Å². The van der Waals surface area contributed by atoms with Crippen molar-refractivity contribution >= 4 is 29.3 Å². The van der Waals surface area contributed by atoms with Gasteiger partial charge in [0.2, 0.25) is 0 Å². The number of para-hydroxylation sites is 1. The highest BCUT2D eigenvalue weighted by atomic mass is 16.2. The molecule has 0 radical (unpaired) electrons. The van der Waals surface area contributed by atoms with E-state index in [1.165, 1.54) is 23.5 Å². The van der Waals surface area contributed by atoms with Gasteiger partial charge < -0.3 is 4.90 Å². The first-order chi connectivity index (χ1) is 12.6. The number of hydrazine groups is 1. The summed E-state index contributed by atoms with van der Waals surface area (Å²) in [6.07, 6.45) is 4.13. The van der Waals surface area contributed by atoms with Gasteiger partial charge >= 0.3 is 0 Å². The molecule has 132 valence electrons. The Morgan fingerprint density at radius 1 is 1.00 bits per heavy atom. The molecule has 5 heteroatoms. The fourth-order valence-corrected chi connectivity index (χ4v) is 3.56. The number of aryl methyl sites for hydroxylation is 1. The molecule has 0 spiro atoms. The van der Waals surface area contributed by atoms with Crippen LogP contribution in [0, 0.1) is 6.92 Å². The maximum absolute atomic E-state index is 12.6. The minimum Gasteiger partial charge on any atom is -0.371 e. The van der Waals surface area contributed by atoms with Crippen LogP contribution in [-0.4, -0.2) is 24.9 Å². The summed E-state index contributed by atoms with van der Waals surface area (Å²) in [4.78, 5) is 27.3.